The van der Waals surface area contributed by atoms with Gasteiger partial charge in [0.2, 0.25) is 0 Å². The van der Waals surface area contributed by atoms with E-state index in [0.717, 1.165) is 15.7 Å². The minimum atomic E-state index is -0.826. The van der Waals surface area contributed by atoms with Crippen LogP contribution in [0.1, 0.15) is 5.56 Å². The Labute approximate surface area is 159 Å². The first-order valence-corrected chi connectivity index (χ1v) is 8.58. The van der Waals surface area contributed by atoms with Gasteiger partial charge in [-0.1, -0.05) is 66.2 Å². The minimum absolute atomic E-state index is 0.133. The fraction of sp³-hybridized carbons (Fsp3) is 0. The molecule has 1 fully saturated rings. The van der Waals surface area contributed by atoms with Crippen molar-refractivity contribution in [3.05, 3.63) is 82.9 Å². The van der Waals surface area contributed by atoms with Gasteiger partial charge in [0.25, 0.3) is 11.8 Å². The highest BCUT2D eigenvalue weighted by Gasteiger charge is 2.37. The number of hydrogen-bond acceptors (Lipinski definition) is 3. The van der Waals surface area contributed by atoms with Crippen LogP contribution in [0.4, 0.5) is 10.5 Å². The van der Waals surface area contributed by atoms with E-state index < -0.39 is 17.8 Å². The summed E-state index contributed by atoms with van der Waals surface area (Å²) in [5.74, 6) is -1.45. The highest BCUT2D eigenvalue weighted by atomic mass is 35.5. The molecule has 132 valence electrons. The van der Waals surface area contributed by atoms with Gasteiger partial charge < -0.3 is 0 Å². The van der Waals surface area contributed by atoms with Crippen molar-refractivity contribution in [2.75, 3.05) is 4.90 Å². The van der Waals surface area contributed by atoms with E-state index in [1.54, 1.807) is 24.3 Å². The molecule has 27 heavy (non-hydrogen) atoms. The number of fused-ring (bicyclic) bond motifs is 1. The molecule has 5 nitrogen and oxygen atoms in total. The number of hydrogen-bond donors (Lipinski definition) is 1. The topological polar surface area (TPSA) is 66.5 Å². The number of imide groups is 2. The molecule has 3 aromatic rings. The number of rotatable bonds is 2. The van der Waals surface area contributed by atoms with Crippen molar-refractivity contribution in [3.8, 4) is 0 Å². The lowest BCUT2D eigenvalue weighted by atomic mass is 10.0. The van der Waals surface area contributed by atoms with Gasteiger partial charge in [-0.15, -0.1) is 0 Å². The number of halogens is 1. The Morgan fingerprint density at radius 1 is 0.852 bits per heavy atom. The molecule has 1 aliphatic heterocycles. The van der Waals surface area contributed by atoms with Crippen molar-refractivity contribution >= 4 is 52.0 Å². The van der Waals surface area contributed by atoms with Crippen molar-refractivity contribution in [2.24, 2.45) is 0 Å². The molecular weight excluding hydrogens is 364 g/mol. The fourth-order valence-electron chi connectivity index (χ4n) is 3.04. The van der Waals surface area contributed by atoms with Crippen LogP contribution in [-0.4, -0.2) is 17.8 Å². The van der Waals surface area contributed by atoms with Crippen LogP contribution < -0.4 is 10.2 Å². The molecular formula is C21H13ClN2O3. The Hall–Kier alpha value is -3.44. The van der Waals surface area contributed by atoms with Crippen LogP contribution in [-0.2, 0) is 9.59 Å². The van der Waals surface area contributed by atoms with Crippen LogP contribution in [0.2, 0.25) is 5.02 Å². The number of para-hydroxylation sites is 1. The van der Waals surface area contributed by atoms with Crippen LogP contribution in [0.5, 0.6) is 0 Å². The fourth-order valence-corrected chi connectivity index (χ4v) is 3.26. The largest absolute Gasteiger partial charge is 0.335 e. The van der Waals surface area contributed by atoms with Crippen molar-refractivity contribution in [2.45, 2.75) is 0 Å². The first kappa shape index (κ1) is 17.0. The SMILES string of the molecule is O=C1NC(=O)N(c2ccccc2Cl)C(=O)/C1=C\c1cccc2ccccc12. The molecule has 0 bridgehead atoms. The number of carbonyl (C=O) groups excluding carboxylic acids is 3. The molecule has 4 rings (SSSR count). The maximum atomic E-state index is 13.0. The predicted octanol–water partition coefficient (Wildman–Crippen LogP) is 4.16. The molecule has 0 radical (unpaired) electrons. The Bertz CT molecular complexity index is 1130. The zero-order valence-corrected chi connectivity index (χ0v) is 14.7. The number of urea groups is 1. The van der Waals surface area contributed by atoms with Gasteiger partial charge in [0.15, 0.2) is 0 Å². The van der Waals surface area contributed by atoms with Crippen LogP contribution >= 0.6 is 11.6 Å². The van der Waals surface area contributed by atoms with E-state index in [1.165, 1.54) is 6.08 Å². The lowest BCUT2D eigenvalue weighted by Gasteiger charge is -2.27. The van der Waals surface area contributed by atoms with Crippen molar-refractivity contribution in [1.82, 2.24) is 5.32 Å². The van der Waals surface area contributed by atoms with E-state index in [-0.39, 0.29) is 16.3 Å². The average Bonchev–Trinajstić information content (AvgIpc) is 2.66. The third-order valence-electron chi connectivity index (χ3n) is 4.32. The van der Waals surface area contributed by atoms with Crippen LogP contribution in [0, 0.1) is 0 Å². The Morgan fingerprint density at radius 2 is 1.56 bits per heavy atom. The Balaban J connectivity index is 1.83. The maximum Gasteiger partial charge on any atom is 0.335 e. The maximum absolute atomic E-state index is 13.0. The Kier molecular flexibility index (Phi) is 4.22. The molecule has 3 aromatic carbocycles. The molecule has 1 N–H and O–H groups in total. The van der Waals surface area contributed by atoms with Crippen molar-refractivity contribution < 1.29 is 14.4 Å². The van der Waals surface area contributed by atoms with Gasteiger partial charge in [-0.25, -0.2) is 9.69 Å². The van der Waals surface area contributed by atoms with Crippen molar-refractivity contribution in [1.29, 1.82) is 0 Å². The highest BCUT2D eigenvalue weighted by Crippen LogP contribution is 2.29. The first-order chi connectivity index (χ1) is 13.1. The second kappa shape index (κ2) is 6.70. The molecule has 0 saturated carbocycles. The molecule has 1 aliphatic rings. The molecule has 6 heteroatoms. The quantitative estimate of drug-likeness (QED) is 0.539. The average molecular weight is 377 g/mol. The van der Waals surface area contributed by atoms with Gasteiger partial charge in [0.05, 0.1) is 10.7 Å². The highest BCUT2D eigenvalue weighted by molar-refractivity contribution is 6.42. The number of carbonyl (C=O) groups is 3. The molecule has 4 amide bonds. The molecule has 1 saturated heterocycles. The summed E-state index contributed by atoms with van der Waals surface area (Å²) in [6.45, 7) is 0. The third-order valence-corrected chi connectivity index (χ3v) is 4.64. The number of benzene rings is 3. The molecule has 0 aliphatic carbocycles. The predicted molar refractivity (Wildman–Crippen MR) is 104 cm³/mol. The van der Waals surface area contributed by atoms with Gasteiger partial charge in [0, 0.05) is 0 Å². The number of nitrogens with one attached hydrogen (secondary N) is 1. The zero-order chi connectivity index (χ0) is 19.0. The van der Waals surface area contributed by atoms with Crippen LogP contribution in [0.25, 0.3) is 16.8 Å². The van der Waals surface area contributed by atoms with E-state index in [0.29, 0.717) is 5.56 Å². The van der Waals surface area contributed by atoms with E-state index in [9.17, 15) is 14.4 Å². The van der Waals surface area contributed by atoms with Crippen LogP contribution in [0.3, 0.4) is 0 Å². The normalized spacial score (nSPS) is 16.1. The van der Waals surface area contributed by atoms with Crippen molar-refractivity contribution in [3.63, 3.8) is 0 Å². The van der Waals surface area contributed by atoms with Crippen LogP contribution in [0.15, 0.2) is 72.3 Å². The summed E-state index contributed by atoms with van der Waals surface area (Å²) in [4.78, 5) is 38.4. The smallest absolute Gasteiger partial charge is 0.273 e. The number of amides is 4. The summed E-state index contributed by atoms with van der Waals surface area (Å²) in [6, 6.07) is 18.9. The lowest BCUT2D eigenvalue weighted by molar-refractivity contribution is -0.122. The summed E-state index contributed by atoms with van der Waals surface area (Å²) >= 11 is 6.13. The van der Waals surface area contributed by atoms with Gasteiger partial charge in [-0.2, -0.15) is 0 Å². The zero-order valence-electron chi connectivity index (χ0n) is 14.0. The van der Waals surface area contributed by atoms with Gasteiger partial charge in [0.1, 0.15) is 5.57 Å². The number of nitrogens with zero attached hydrogens (tertiary/aromatic N) is 1. The molecule has 1 heterocycles. The second-order valence-electron chi connectivity index (χ2n) is 5.98. The summed E-state index contributed by atoms with van der Waals surface area (Å²) in [7, 11) is 0. The molecule has 0 aromatic heterocycles. The standard InChI is InChI=1S/C21H13ClN2O3/c22-17-10-3-4-11-18(17)24-20(26)16(19(25)23-21(24)27)12-14-8-5-7-13-6-1-2-9-15(13)14/h1-12H,(H,23,25,27)/b16-12-. The molecule has 0 atom stereocenters. The number of anilines is 1. The summed E-state index contributed by atoms with van der Waals surface area (Å²) < 4.78 is 0. The molecule has 0 unspecified atom stereocenters. The Morgan fingerprint density at radius 3 is 2.37 bits per heavy atom. The van der Waals surface area contributed by atoms with E-state index >= 15 is 0 Å². The van der Waals surface area contributed by atoms with E-state index in [2.05, 4.69) is 5.32 Å². The summed E-state index contributed by atoms with van der Waals surface area (Å²) in [5, 5.41) is 4.32. The summed E-state index contributed by atoms with van der Waals surface area (Å²) in [5.41, 5.74) is 0.795. The minimum Gasteiger partial charge on any atom is -0.273 e. The first-order valence-electron chi connectivity index (χ1n) is 8.20. The van der Waals surface area contributed by atoms with Gasteiger partial charge in [-0.3, -0.25) is 14.9 Å². The molecule has 0 spiro atoms. The summed E-state index contributed by atoms with van der Waals surface area (Å²) in [6.07, 6.45) is 1.50. The third kappa shape index (κ3) is 2.98. The lowest BCUT2D eigenvalue weighted by Crippen LogP contribution is -2.54. The van der Waals surface area contributed by atoms with Gasteiger partial charge in [-0.05, 0) is 34.5 Å². The monoisotopic (exact) mass is 376 g/mol. The van der Waals surface area contributed by atoms with E-state index in [1.807, 2.05) is 42.5 Å². The second-order valence-corrected chi connectivity index (χ2v) is 6.38. The van der Waals surface area contributed by atoms with E-state index in [4.69, 9.17) is 11.6 Å². The van der Waals surface area contributed by atoms with Gasteiger partial charge >= 0.3 is 6.03 Å². The number of barbiturate groups is 1.